The van der Waals surface area contributed by atoms with Crippen molar-refractivity contribution in [3.63, 3.8) is 0 Å². The molecule has 0 fully saturated rings. The van der Waals surface area contributed by atoms with Gasteiger partial charge in [0.25, 0.3) is 0 Å². The van der Waals surface area contributed by atoms with Crippen molar-refractivity contribution in [2.45, 2.75) is 19.8 Å². The summed E-state index contributed by atoms with van der Waals surface area (Å²) in [4.78, 5) is 24.5. The number of halogens is 1. The molecule has 0 unspecified atom stereocenters. The van der Waals surface area contributed by atoms with Gasteiger partial charge in [-0.3, -0.25) is 4.79 Å². The number of benzene rings is 2. The highest BCUT2D eigenvalue weighted by molar-refractivity contribution is 9.10. The van der Waals surface area contributed by atoms with Crippen LogP contribution in [0, 0.1) is 0 Å². The Balaban J connectivity index is 1.60. The molecule has 0 aliphatic heterocycles. The van der Waals surface area contributed by atoms with Crippen molar-refractivity contribution >= 4 is 34.0 Å². The van der Waals surface area contributed by atoms with Gasteiger partial charge in [0.15, 0.2) is 21.9 Å². The third kappa shape index (κ3) is 6.95. The van der Waals surface area contributed by atoms with E-state index >= 15 is 0 Å². The number of carbonyl (C=O) groups excluding carboxylic acids is 2. The number of esters is 1. The highest BCUT2D eigenvalue weighted by Crippen LogP contribution is 2.28. The molecule has 1 aromatic heterocycles. The standard InChI is InChI=1S/C24H23BrN2O6/c1-3-4-13-31-18-8-6-17(7-9-18)24(29)33-19-10-5-16(14-21(19)30-2)15-26-27-23(28)20-11-12-22(25)32-20/h5-12,14-15H,3-4,13H2,1-2H3,(H,27,28)/b26-15+. The second-order valence-electron chi connectivity index (χ2n) is 6.83. The highest BCUT2D eigenvalue weighted by Gasteiger charge is 2.13. The monoisotopic (exact) mass is 514 g/mol. The summed E-state index contributed by atoms with van der Waals surface area (Å²) in [7, 11) is 1.46. The average molecular weight is 515 g/mol. The third-order valence-electron chi connectivity index (χ3n) is 4.42. The summed E-state index contributed by atoms with van der Waals surface area (Å²) in [6.07, 6.45) is 3.45. The van der Waals surface area contributed by atoms with Crippen LogP contribution < -0.4 is 19.6 Å². The van der Waals surface area contributed by atoms with Gasteiger partial charge in [0.05, 0.1) is 25.5 Å². The van der Waals surface area contributed by atoms with Crippen LogP contribution in [0.15, 0.2) is 68.8 Å². The zero-order chi connectivity index (χ0) is 23.6. The molecule has 0 radical (unpaired) electrons. The van der Waals surface area contributed by atoms with Crippen LogP contribution in [0.25, 0.3) is 0 Å². The van der Waals surface area contributed by atoms with E-state index in [4.69, 9.17) is 18.6 Å². The van der Waals surface area contributed by atoms with Crippen molar-refractivity contribution in [2.24, 2.45) is 5.10 Å². The van der Waals surface area contributed by atoms with Gasteiger partial charge < -0.3 is 18.6 Å². The fourth-order valence-electron chi connectivity index (χ4n) is 2.69. The molecule has 9 heteroatoms. The van der Waals surface area contributed by atoms with Crippen molar-refractivity contribution in [3.05, 3.63) is 76.2 Å². The minimum Gasteiger partial charge on any atom is -0.494 e. The number of hydrogen-bond acceptors (Lipinski definition) is 7. The Hall–Kier alpha value is -3.59. The maximum atomic E-state index is 12.5. The van der Waals surface area contributed by atoms with Gasteiger partial charge in [-0.05, 0) is 82.5 Å². The quantitative estimate of drug-likeness (QED) is 0.131. The summed E-state index contributed by atoms with van der Waals surface area (Å²) >= 11 is 3.13. The molecular weight excluding hydrogens is 492 g/mol. The number of hydrogen-bond donors (Lipinski definition) is 1. The van der Waals surface area contributed by atoms with Gasteiger partial charge in [-0.2, -0.15) is 5.10 Å². The zero-order valence-electron chi connectivity index (χ0n) is 18.2. The molecule has 2 aromatic carbocycles. The number of nitrogens with one attached hydrogen (secondary N) is 1. The highest BCUT2D eigenvalue weighted by atomic mass is 79.9. The maximum absolute atomic E-state index is 12.5. The third-order valence-corrected chi connectivity index (χ3v) is 4.85. The fraction of sp³-hybridized carbons (Fsp3) is 0.208. The first-order chi connectivity index (χ1) is 16.0. The van der Waals surface area contributed by atoms with Crippen LogP contribution >= 0.6 is 15.9 Å². The van der Waals surface area contributed by atoms with Crippen LogP contribution in [0.3, 0.4) is 0 Å². The molecule has 3 rings (SSSR count). The molecule has 33 heavy (non-hydrogen) atoms. The van der Waals surface area contributed by atoms with Gasteiger partial charge in [-0.25, -0.2) is 10.2 Å². The van der Waals surface area contributed by atoms with Crippen molar-refractivity contribution in [1.29, 1.82) is 0 Å². The predicted molar refractivity (Wildman–Crippen MR) is 126 cm³/mol. The number of carbonyl (C=O) groups is 2. The van der Waals surface area contributed by atoms with Crippen LogP contribution in [0.4, 0.5) is 0 Å². The Morgan fingerprint density at radius 2 is 1.88 bits per heavy atom. The number of nitrogens with zero attached hydrogens (tertiary/aromatic N) is 1. The molecule has 1 amide bonds. The van der Waals surface area contributed by atoms with Crippen LogP contribution in [0.2, 0.25) is 0 Å². The van der Waals surface area contributed by atoms with E-state index in [-0.39, 0.29) is 11.5 Å². The van der Waals surface area contributed by atoms with Crippen molar-refractivity contribution < 1.29 is 28.2 Å². The van der Waals surface area contributed by atoms with E-state index in [1.807, 2.05) is 0 Å². The molecule has 0 aliphatic carbocycles. The summed E-state index contributed by atoms with van der Waals surface area (Å²) in [6, 6.07) is 14.8. The van der Waals surface area contributed by atoms with Crippen LogP contribution in [0.5, 0.6) is 17.2 Å². The minimum absolute atomic E-state index is 0.124. The number of methoxy groups -OCH3 is 1. The van der Waals surface area contributed by atoms with Gasteiger partial charge in [0.2, 0.25) is 0 Å². The molecule has 1 heterocycles. The predicted octanol–water partition coefficient (Wildman–Crippen LogP) is 5.21. The first-order valence-electron chi connectivity index (χ1n) is 10.2. The summed E-state index contributed by atoms with van der Waals surface area (Å²) in [5.41, 5.74) is 3.38. The summed E-state index contributed by atoms with van der Waals surface area (Å²) in [6.45, 7) is 2.73. The fourth-order valence-corrected chi connectivity index (χ4v) is 2.99. The summed E-state index contributed by atoms with van der Waals surface area (Å²) in [5, 5.41) is 3.90. The number of unbranched alkanes of at least 4 members (excludes halogenated alkanes) is 1. The van der Waals surface area contributed by atoms with Gasteiger partial charge >= 0.3 is 11.9 Å². The number of ether oxygens (including phenoxy) is 3. The first kappa shape index (κ1) is 24.1. The van der Waals surface area contributed by atoms with E-state index in [2.05, 4.69) is 33.4 Å². The lowest BCUT2D eigenvalue weighted by molar-refractivity contribution is 0.0729. The second-order valence-corrected chi connectivity index (χ2v) is 7.61. The molecule has 3 aromatic rings. The Bertz CT molecular complexity index is 1120. The lowest BCUT2D eigenvalue weighted by Gasteiger charge is -2.10. The number of amides is 1. The molecule has 0 atom stereocenters. The number of rotatable bonds is 10. The van der Waals surface area contributed by atoms with Gasteiger partial charge in [-0.15, -0.1) is 0 Å². The van der Waals surface area contributed by atoms with E-state index in [0.717, 1.165) is 12.8 Å². The Labute approximate surface area is 199 Å². The van der Waals surface area contributed by atoms with Gasteiger partial charge in [-0.1, -0.05) is 13.3 Å². The average Bonchev–Trinajstić information content (AvgIpc) is 3.27. The molecule has 8 nitrogen and oxygen atoms in total. The minimum atomic E-state index is -0.522. The lowest BCUT2D eigenvalue weighted by atomic mass is 10.2. The molecule has 0 aliphatic rings. The van der Waals surface area contributed by atoms with Crippen LogP contribution in [-0.2, 0) is 0 Å². The normalized spacial score (nSPS) is 10.8. The molecule has 0 spiro atoms. The smallest absolute Gasteiger partial charge is 0.343 e. The molecule has 172 valence electrons. The van der Waals surface area contributed by atoms with Crippen molar-refractivity contribution in [3.8, 4) is 17.2 Å². The number of furan rings is 1. The van der Waals surface area contributed by atoms with Gasteiger partial charge in [0.1, 0.15) is 5.75 Å². The topological polar surface area (TPSA) is 99.4 Å². The Kier molecular flexibility index (Phi) is 8.65. The SMILES string of the molecule is CCCCOc1ccc(C(=O)Oc2ccc(/C=N/NC(=O)c3ccc(Br)o3)cc2OC)cc1. The lowest BCUT2D eigenvalue weighted by Crippen LogP contribution is -2.16. The van der Waals surface area contributed by atoms with E-state index < -0.39 is 11.9 Å². The Morgan fingerprint density at radius 1 is 1.09 bits per heavy atom. The number of hydrazone groups is 1. The van der Waals surface area contributed by atoms with Crippen LogP contribution in [0.1, 0.15) is 46.2 Å². The first-order valence-corrected chi connectivity index (χ1v) is 11.0. The molecular formula is C24H23BrN2O6. The summed E-state index contributed by atoms with van der Waals surface area (Å²) in [5.74, 6) is 0.413. The van der Waals surface area contributed by atoms with Crippen molar-refractivity contribution in [1.82, 2.24) is 5.43 Å². The van der Waals surface area contributed by atoms with E-state index in [1.54, 1.807) is 48.5 Å². The largest absolute Gasteiger partial charge is 0.494 e. The van der Waals surface area contributed by atoms with Crippen molar-refractivity contribution in [2.75, 3.05) is 13.7 Å². The van der Waals surface area contributed by atoms with Gasteiger partial charge in [0, 0.05) is 0 Å². The zero-order valence-corrected chi connectivity index (χ0v) is 19.8. The van der Waals surface area contributed by atoms with E-state index in [0.29, 0.717) is 33.9 Å². The Morgan fingerprint density at radius 3 is 2.55 bits per heavy atom. The van der Waals surface area contributed by atoms with Crippen LogP contribution in [-0.4, -0.2) is 31.8 Å². The molecule has 0 saturated carbocycles. The summed E-state index contributed by atoms with van der Waals surface area (Å²) < 4.78 is 22.0. The second kappa shape index (κ2) is 11.9. The molecule has 0 bridgehead atoms. The maximum Gasteiger partial charge on any atom is 0.343 e. The molecule has 1 N–H and O–H groups in total. The molecule has 0 saturated heterocycles. The van der Waals surface area contributed by atoms with E-state index in [1.165, 1.54) is 19.4 Å². The van der Waals surface area contributed by atoms with E-state index in [9.17, 15) is 9.59 Å².